The average molecular weight is 225 g/mol. The van der Waals surface area contributed by atoms with Crippen molar-refractivity contribution in [2.24, 2.45) is 0 Å². The molecule has 1 aliphatic carbocycles. The van der Waals surface area contributed by atoms with Crippen LogP contribution in [0.25, 0.3) is 0 Å². The van der Waals surface area contributed by atoms with E-state index in [4.69, 9.17) is 5.32 Å². The molecular weight excluding hydrogens is 196 g/mol. The van der Waals surface area contributed by atoms with E-state index in [1.165, 1.54) is 57.8 Å². The van der Waals surface area contributed by atoms with E-state index in [0.29, 0.717) is 12.2 Å². The lowest BCUT2D eigenvalue weighted by molar-refractivity contribution is 0.288. The largest absolute Gasteiger partial charge is 0.301 e. The Balaban J connectivity index is 2.19. The lowest BCUT2D eigenvalue weighted by Gasteiger charge is -2.27. The SMILES string of the molecule is CCCCNC(CCC)[N]C1CCCCC1. The van der Waals surface area contributed by atoms with Crippen LogP contribution in [0.3, 0.4) is 0 Å². The Hall–Kier alpha value is -0.0800. The zero-order valence-corrected chi connectivity index (χ0v) is 11.2. The Morgan fingerprint density at radius 3 is 2.50 bits per heavy atom. The molecule has 95 valence electrons. The third-order valence-electron chi connectivity index (χ3n) is 3.44. The second-order valence-corrected chi connectivity index (χ2v) is 5.05. The van der Waals surface area contributed by atoms with Crippen LogP contribution in [0.5, 0.6) is 0 Å². The second kappa shape index (κ2) is 9.00. The van der Waals surface area contributed by atoms with Crippen LogP contribution in [0.2, 0.25) is 0 Å². The molecule has 0 bridgehead atoms. The maximum absolute atomic E-state index is 4.99. The number of hydrogen-bond acceptors (Lipinski definition) is 1. The van der Waals surface area contributed by atoms with Crippen molar-refractivity contribution in [2.45, 2.75) is 83.8 Å². The Kier molecular flexibility index (Phi) is 7.87. The standard InChI is InChI=1S/C14H29N2/c1-3-5-12-15-14(9-4-2)16-13-10-7-6-8-11-13/h13-15H,3-12H2,1-2H3. The van der Waals surface area contributed by atoms with Gasteiger partial charge in [0.2, 0.25) is 0 Å². The number of unbranched alkanes of at least 4 members (excludes halogenated alkanes) is 1. The van der Waals surface area contributed by atoms with Gasteiger partial charge in [-0.25, -0.2) is 5.32 Å². The van der Waals surface area contributed by atoms with Crippen LogP contribution in [0.1, 0.15) is 71.6 Å². The van der Waals surface area contributed by atoms with Gasteiger partial charge in [0.05, 0.1) is 6.17 Å². The molecule has 1 fully saturated rings. The van der Waals surface area contributed by atoms with Gasteiger partial charge in [0.25, 0.3) is 0 Å². The lowest BCUT2D eigenvalue weighted by Crippen LogP contribution is -2.43. The Morgan fingerprint density at radius 2 is 1.88 bits per heavy atom. The van der Waals surface area contributed by atoms with Gasteiger partial charge in [-0.1, -0.05) is 46.0 Å². The molecule has 0 aliphatic heterocycles. The number of hydrogen-bond donors (Lipinski definition) is 1. The molecule has 0 aromatic carbocycles. The molecule has 1 atom stereocenters. The summed E-state index contributed by atoms with van der Waals surface area (Å²) in [5.41, 5.74) is 0. The number of nitrogens with zero attached hydrogens (tertiary/aromatic N) is 1. The van der Waals surface area contributed by atoms with E-state index < -0.39 is 0 Å². The molecule has 1 N–H and O–H groups in total. The lowest BCUT2D eigenvalue weighted by atomic mass is 9.95. The van der Waals surface area contributed by atoms with Crippen LogP contribution in [0, 0.1) is 0 Å². The first-order valence-corrected chi connectivity index (χ1v) is 7.30. The van der Waals surface area contributed by atoms with Crippen molar-refractivity contribution in [1.82, 2.24) is 10.6 Å². The van der Waals surface area contributed by atoms with Gasteiger partial charge in [-0.3, -0.25) is 0 Å². The smallest absolute Gasteiger partial charge is 0.0739 e. The minimum absolute atomic E-state index is 0.430. The first-order valence-electron chi connectivity index (χ1n) is 7.30. The highest BCUT2D eigenvalue weighted by atomic mass is 15.1. The number of rotatable bonds is 8. The first kappa shape index (κ1) is 14.0. The summed E-state index contributed by atoms with van der Waals surface area (Å²) in [6, 6.07) is 0.652. The van der Waals surface area contributed by atoms with Crippen molar-refractivity contribution in [3.63, 3.8) is 0 Å². The molecule has 0 heterocycles. The predicted molar refractivity (Wildman–Crippen MR) is 70.6 cm³/mol. The highest BCUT2D eigenvalue weighted by Crippen LogP contribution is 2.19. The van der Waals surface area contributed by atoms with Crippen molar-refractivity contribution < 1.29 is 0 Å². The van der Waals surface area contributed by atoms with Gasteiger partial charge in [-0.05, 0) is 32.2 Å². The van der Waals surface area contributed by atoms with Gasteiger partial charge in [0.1, 0.15) is 0 Å². The molecule has 0 saturated heterocycles. The first-order chi connectivity index (χ1) is 7.86. The predicted octanol–water partition coefficient (Wildman–Crippen LogP) is 3.44. The molecule has 1 saturated carbocycles. The number of nitrogens with one attached hydrogen (secondary N) is 1. The van der Waals surface area contributed by atoms with E-state index in [9.17, 15) is 0 Å². The molecule has 0 amide bonds. The van der Waals surface area contributed by atoms with Crippen LogP contribution in [-0.4, -0.2) is 18.8 Å². The maximum Gasteiger partial charge on any atom is 0.0739 e. The Morgan fingerprint density at radius 1 is 1.12 bits per heavy atom. The molecule has 1 unspecified atom stereocenters. The summed E-state index contributed by atoms with van der Waals surface area (Å²) in [4.78, 5) is 0. The minimum atomic E-state index is 0.430. The summed E-state index contributed by atoms with van der Waals surface area (Å²) in [7, 11) is 0. The monoisotopic (exact) mass is 225 g/mol. The molecule has 0 aromatic rings. The fraction of sp³-hybridized carbons (Fsp3) is 1.00. The normalized spacial score (nSPS) is 19.9. The zero-order chi connectivity index (χ0) is 11.6. The van der Waals surface area contributed by atoms with Gasteiger partial charge >= 0.3 is 0 Å². The summed E-state index contributed by atoms with van der Waals surface area (Å²) in [5, 5.41) is 8.59. The van der Waals surface area contributed by atoms with Crippen molar-refractivity contribution in [3.8, 4) is 0 Å². The molecule has 16 heavy (non-hydrogen) atoms. The molecule has 2 heteroatoms. The topological polar surface area (TPSA) is 26.1 Å². The van der Waals surface area contributed by atoms with Crippen LogP contribution in [0.15, 0.2) is 0 Å². The molecular formula is C14H29N2. The quantitative estimate of drug-likeness (QED) is 0.629. The van der Waals surface area contributed by atoms with Crippen molar-refractivity contribution >= 4 is 0 Å². The van der Waals surface area contributed by atoms with Gasteiger partial charge in [-0.15, -0.1) is 0 Å². The van der Waals surface area contributed by atoms with Gasteiger partial charge in [0, 0.05) is 6.04 Å². The van der Waals surface area contributed by atoms with E-state index in [0.717, 1.165) is 6.54 Å². The van der Waals surface area contributed by atoms with E-state index >= 15 is 0 Å². The van der Waals surface area contributed by atoms with Crippen molar-refractivity contribution in [1.29, 1.82) is 0 Å². The molecule has 1 aliphatic rings. The van der Waals surface area contributed by atoms with E-state index in [-0.39, 0.29) is 0 Å². The van der Waals surface area contributed by atoms with E-state index in [1.807, 2.05) is 0 Å². The third-order valence-corrected chi connectivity index (χ3v) is 3.44. The summed E-state index contributed by atoms with van der Waals surface area (Å²) in [6.45, 7) is 5.64. The third kappa shape index (κ3) is 5.86. The van der Waals surface area contributed by atoms with Crippen molar-refractivity contribution in [3.05, 3.63) is 0 Å². The Labute approximate surface area is 102 Å². The molecule has 1 rings (SSSR count). The van der Waals surface area contributed by atoms with E-state index in [1.54, 1.807) is 0 Å². The van der Waals surface area contributed by atoms with Crippen molar-refractivity contribution in [2.75, 3.05) is 6.54 Å². The van der Waals surface area contributed by atoms with Gasteiger partial charge in [-0.2, -0.15) is 0 Å². The summed E-state index contributed by atoms with van der Waals surface area (Å²) in [6.07, 6.45) is 12.3. The fourth-order valence-electron chi connectivity index (χ4n) is 2.43. The molecule has 0 spiro atoms. The highest BCUT2D eigenvalue weighted by Gasteiger charge is 2.18. The second-order valence-electron chi connectivity index (χ2n) is 5.05. The molecule has 2 nitrogen and oxygen atoms in total. The fourth-order valence-corrected chi connectivity index (χ4v) is 2.43. The van der Waals surface area contributed by atoms with Crippen LogP contribution >= 0.6 is 0 Å². The van der Waals surface area contributed by atoms with Crippen LogP contribution in [-0.2, 0) is 0 Å². The molecule has 0 aromatic heterocycles. The maximum atomic E-state index is 4.99. The minimum Gasteiger partial charge on any atom is -0.301 e. The summed E-state index contributed by atoms with van der Waals surface area (Å²) < 4.78 is 0. The van der Waals surface area contributed by atoms with E-state index in [2.05, 4.69) is 19.2 Å². The Bertz CT molecular complexity index is 153. The average Bonchev–Trinajstić information content (AvgIpc) is 2.31. The molecule has 1 radical (unpaired) electrons. The summed E-state index contributed by atoms with van der Waals surface area (Å²) in [5.74, 6) is 0. The van der Waals surface area contributed by atoms with Crippen LogP contribution < -0.4 is 10.6 Å². The summed E-state index contributed by atoms with van der Waals surface area (Å²) >= 11 is 0. The highest BCUT2D eigenvalue weighted by molar-refractivity contribution is 4.75. The van der Waals surface area contributed by atoms with Gasteiger partial charge < -0.3 is 5.32 Å². The zero-order valence-electron chi connectivity index (χ0n) is 11.2. The van der Waals surface area contributed by atoms with Gasteiger partial charge in [0.15, 0.2) is 0 Å². The van der Waals surface area contributed by atoms with Crippen LogP contribution in [0.4, 0.5) is 0 Å².